The quantitative estimate of drug-likeness (QED) is 0.736. The largest absolute Gasteiger partial charge is 0.493 e. The van der Waals surface area contributed by atoms with Crippen LogP contribution in [-0.2, 0) is 11.3 Å². The lowest BCUT2D eigenvalue weighted by atomic mass is 10.1. The van der Waals surface area contributed by atoms with E-state index in [9.17, 15) is 9.59 Å². The standard InChI is InChI=1S/C17H18ClN3O4/c1-24-14-7-12(13(8-15(14)25-2)21-16(22)9-18)17(23)20-10-11-5-3-4-6-19-11/h3-8H,9-10H2,1-2H3,(H,20,23)(H,21,22). The number of nitrogens with zero attached hydrogens (tertiary/aromatic N) is 1. The summed E-state index contributed by atoms with van der Waals surface area (Å²) in [7, 11) is 2.93. The first kappa shape index (κ1) is 18.5. The van der Waals surface area contributed by atoms with Gasteiger partial charge in [-0.2, -0.15) is 0 Å². The first-order chi connectivity index (χ1) is 12.1. The summed E-state index contributed by atoms with van der Waals surface area (Å²) in [5.74, 6) is -0.310. The van der Waals surface area contributed by atoms with Crippen LogP contribution in [0.5, 0.6) is 11.5 Å². The van der Waals surface area contributed by atoms with Crippen molar-refractivity contribution in [2.24, 2.45) is 0 Å². The van der Waals surface area contributed by atoms with Crippen LogP contribution in [0.3, 0.4) is 0 Å². The zero-order valence-electron chi connectivity index (χ0n) is 13.8. The lowest BCUT2D eigenvalue weighted by Crippen LogP contribution is -2.25. The number of hydrogen-bond acceptors (Lipinski definition) is 5. The van der Waals surface area contributed by atoms with Gasteiger partial charge in [-0.1, -0.05) is 6.07 Å². The minimum absolute atomic E-state index is 0.229. The summed E-state index contributed by atoms with van der Waals surface area (Å²) in [5.41, 5.74) is 1.22. The summed E-state index contributed by atoms with van der Waals surface area (Å²) in [6.45, 7) is 0.247. The summed E-state index contributed by atoms with van der Waals surface area (Å²) < 4.78 is 10.4. The van der Waals surface area contributed by atoms with Crippen LogP contribution >= 0.6 is 11.6 Å². The number of anilines is 1. The molecule has 0 atom stereocenters. The predicted octanol–water partition coefficient (Wildman–Crippen LogP) is 2.21. The fraction of sp³-hybridized carbons (Fsp3) is 0.235. The van der Waals surface area contributed by atoms with Crippen molar-refractivity contribution in [3.63, 3.8) is 0 Å². The molecule has 0 aliphatic heterocycles. The van der Waals surface area contributed by atoms with Crippen LogP contribution < -0.4 is 20.1 Å². The molecule has 8 heteroatoms. The number of aromatic nitrogens is 1. The van der Waals surface area contributed by atoms with Crippen molar-refractivity contribution < 1.29 is 19.1 Å². The third-order valence-corrected chi connectivity index (χ3v) is 3.56. The Morgan fingerprint density at radius 2 is 1.88 bits per heavy atom. The molecule has 0 unspecified atom stereocenters. The molecule has 1 heterocycles. The molecule has 0 spiro atoms. The SMILES string of the molecule is COc1cc(NC(=O)CCl)c(C(=O)NCc2ccccn2)cc1OC. The van der Waals surface area contributed by atoms with E-state index in [1.165, 1.54) is 26.4 Å². The number of carbonyl (C=O) groups is 2. The van der Waals surface area contributed by atoms with Gasteiger partial charge in [-0.25, -0.2) is 0 Å². The highest BCUT2D eigenvalue weighted by atomic mass is 35.5. The molecule has 0 saturated heterocycles. The molecule has 2 N–H and O–H groups in total. The van der Waals surface area contributed by atoms with Crippen LogP contribution in [0.25, 0.3) is 0 Å². The third-order valence-electron chi connectivity index (χ3n) is 3.32. The van der Waals surface area contributed by atoms with E-state index in [4.69, 9.17) is 21.1 Å². The zero-order valence-corrected chi connectivity index (χ0v) is 14.6. The van der Waals surface area contributed by atoms with E-state index < -0.39 is 11.8 Å². The van der Waals surface area contributed by atoms with Crippen LogP contribution in [0.15, 0.2) is 36.5 Å². The number of hydrogen-bond donors (Lipinski definition) is 2. The number of pyridine rings is 1. The number of benzene rings is 1. The van der Waals surface area contributed by atoms with E-state index in [0.717, 1.165) is 0 Å². The highest BCUT2D eigenvalue weighted by molar-refractivity contribution is 6.29. The molecule has 1 aromatic heterocycles. The summed E-state index contributed by atoms with van der Waals surface area (Å²) in [6, 6.07) is 8.43. The minimum Gasteiger partial charge on any atom is -0.493 e. The van der Waals surface area contributed by atoms with Gasteiger partial charge in [0.1, 0.15) is 5.88 Å². The molecule has 2 aromatic rings. The molecule has 25 heavy (non-hydrogen) atoms. The smallest absolute Gasteiger partial charge is 0.253 e. The van der Waals surface area contributed by atoms with Crippen molar-refractivity contribution in [1.29, 1.82) is 0 Å². The van der Waals surface area contributed by atoms with Crippen LogP contribution in [0.2, 0.25) is 0 Å². The molecule has 132 valence electrons. The van der Waals surface area contributed by atoms with Gasteiger partial charge >= 0.3 is 0 Å². The first-order valence-corrected chi connectivity index (χ1v) is 7.92. The number of amides is 2. The summed E-state index contributed by atoms with van der Waals surface area (Å²) in [6.07, 6.45) is 1.64. The van der Waals surface area contributed by atoms with Gasteiger partial charge in [0.2, 0.25) is 5.91 Å². The van der Waals surface area contributed by atoms with Crippen molar-refractivity contribution in [3.05, 3.63) is 47.8 Å². The van der Waals surface area contributed by atoms with Gasteiger partial charge in [0, 0.05) is 12.3 Å². The van der Waals surface area contributed by atoms with Gasteiger partial charge in [0.25, 0.3) is 5.91 Å². The third kappa shape index (κ3) is 4.84. The molecule has 1 aromatic carbocycles. The summed E-state index contributed by atoms with van der Waals surface area (Å²) in [4.78, 5) is 28.3. The Morgan fingerprint density at radius 3 is 2.48 bits per heavy atom. The topological polar surface area (TPSA) is 89.5 Å². The van der Waals surface area contributed by atoms with Crippen molar-refractivity contribution in [2.75, 3.05) is 25.4 Å². The number of ether oxygens (including phenoxy) is 2. The van der Waals surface area contributed by atoms with E-state index >= 15 is 0 Å². The van der Waals surface area contributed by atoms with Crippen LogP contribution in [0, 0.1) is 0 Å². The van der Waals surface area contributed by atoms with Gasteiger partial charge in [0.15, 0.2) is 11.5 Å². The highest BCUT2D eigenvalue weighted by Gasteiger charge is 2.18. The minimum atomic E-state index is -0.437. The van der Waals surface area contributed by atoms with Crippen LogP contribution in [0.1, 0.15) is 16.1 Å². The van der Waals surface area contributed by atoms with Crippen LogP contribution in [0.4, 0.5) is 5.69 Å². The average Bonchev–Trinajstić information content (AvgIpc) is 2.66. The van der Waals surface area contributed by atoms with Crippen molar-refractivity contribution in [3.8, 4) is 11.5 Å². The second-order valence-corrected chi connectivity index (χ2v) is 5.21. The summed E-state index contributed by atoms with van der Waals surface area (Å²) >= 11 is 5.53. The Bertz CT molecular complexity index is 753. The molecule has 0 saturated carbocycles. The zero-order chi connectivity index (χ0) is 18.2. The van der Waals surface area contributed by atoms with E-state index in [2.05, 4.69) is 15.6 Å². The number of methoxy groups -OCH3 is 2. The number of carbonyl (C=O) groups excluding carboxylic acids is 2. The lowest BCUT2D eigenvalue weighted by molar-refractivity contribution is -0.113. The number of halogens is 1. The molecule has 2 amide bonds. The van der Waals surface area contributed by atoms with Gasteiger partial charge in [-0.15, -0.1) is 11.6 Å². The van der Waals surface area contributed by atoms with E-state index in [1.807, 2.05) is 6.07 Å². The molecule has 7 nitrogen and oxygen atoms in total. The maximum absolute atomic E-state index is 12.6. The molecule has 0 radical (unpaired) electrons. The maximum atomic E-state index is 12.6. The molecule has 0 fully saturated rings. The maximum Gasteiger partial charge on any atom is 0.253 e. The van der Waals surface area contributed by atoms with Gasteiger partial charge < -0.3 is 20.1 Å². The first-order valence-electron chi connectivity index (χ1n) is 7.39. The molecule has 0 aliphatic rings. The monoisotopic (exact) mass is 363 g/mol. The number of alkyl halides is 1. The van der Waals surface area contributed by atoms with Crippen LogP contribution in [-0.4, -0.2) is 36.9 Å². The van der Waals surface area contributed by atoms with Crippen molar-refractivity contribution >= 4 is 29.1 Å². The Labute approximate surface area is 150 Å². The second-order valence-electron chi connectivity index (χ2n) is 4.94. The fourth-order valence-electron chi connectivity index (χ4n) is 2.12. The van der Waals surface area contributed by atoms with Gasteiger partial charge in [-0.3, -0.25) is 14.6 Å². The predicted molar refractivity (Wildman–Crippen MR) is 94.3 cm³/mol. The number of nitrogens with one attached hydrogen (secondary N) is 2. The Hall–Kier alpha value is -2.80. The molecule has 0 aliphatic carbocycles. The second kappa shape index (κ2) is 8.89. The Balaban J connectivity index is 2.28. The van der Waals surface area contributed by atoms with Gasteiger partial charge in [0.05, 0.1) is 37.7 Å². The van der Waals surface area contributed by atoms with E-state index in [-0.39, 0.29) is 23.7 Å². The number of rotatable bonds is 7. The molecule has 2 rings (SSSR count). The molecular formula is C17H18ClN3O4. The van der Waals surface area contributed by atoms with Gasteiger partial charge in [-0.05, 0) is 18.2 Å². The summed E-state index contributed by atoms with van der Waals surface area (Å²) in [5, 5.41) is 5.34. The molecular weight excluding hydrogens is 346 g/mol. The van der Waals surface area contributed by atoms with E-state index in [0.29, 0.717) is 17.2 Å². The Kier molecular flexibility index (Phi) is 6.59. The fourth-order valence-corrected chi connectivity index (χ4v) is 2.19. The Morgan fingerprint density at radius 1 is 1.16 bits per heavy atom. The van der Waals surface area contributed by atoms with Crippen molar-refractivity contribution in [2.45, 2.75) is 6.54 Å². The average molecular weight is 364 g/mol. The van der Waals surface area contributed by atoms with E-state index in [1.54, 1.807) is 18.3 Å². The highest BCUT2D eigenvalue weighted by Crippen LogP contribution is 2.33. The van der Waals surface area contributed by atoms with Crippen molar-refractivity contribution in [1.82, 2.24) is 10.3 Å². The lowest BCUT2D eigenvalue weighted by Gasteiger charge is -2.15. The normalized spacial score (nSPS) is 10.0. The molecule has 0 bridgehead atoms.